The van der Waals surface area contributed by atoms with Gasteiger partial charge in [-0.1, -0.05) is 24.3 Å². The molecule has 0 aliphatic rings. The molecule has 0 bridgehead atoms. The summed E-state index contributed by atoms with van der Waals surface area (Å²) in [7, 11) is 0. The van der Waals surface area contributed by atoms with Gasteiger partial charge in [0.25, 0.3) is 0 Å². The standard InChI is InChI=1S/C21H28N4O3/c1-3-22-21(23-12-14-27-19-9-5-4-6-10-19)24-13-15-28-20-11-7-8-18(16-20)25-17(2)26/h4-11,16H,3,12-15H2,1-2H3,(H,25,26)(H2,22,23,24). The zero-order valence-corrected chi connectivity index (χ0v) is 16.4. The quantitative estimate of drug-likeness (QED) is 0.333. The van der Waals surface area contributed by atoms with E-state index >= 15 is 0 Å². The van der Waals surface area contributed by atoms with E-state index in [1.807, 2.05) is 55.5 Å². The number of rotatable bonds is 10. The Morgan fingerprint density at radius 2 is 1.71 bits per heavy atom. The summed E-state index contributed by atoms with van der Waals surface area (Å²) in [6.45, 7) is 6.37. The van der Waals surface area contributed by atoms with Gasteiger partial charge in [-0.25, -0.2) is 4.99 Å². The highest BCUT2D eigenvalue weighted by Crippen LogP contribution is 2.17. The third-order valence-electron chi connectivity index (χ3n) is 3.54. The lowest BCUT2D eigenvalue weighted by Gasteiger charge is -2.12. The summed E-state index contributed by atoms with van der Waals surface area (Å²) in [6.07, 6.45) is 0. The SMILES string of the molecule is CCNC(=NCCOc1cccc(NC(C)=O)c1)NCCOc1ccccc1. The van der Waals surface area contributed by atoms with Crippen LogP contribution < -0.4 is 25.4 Å². The lowest BCUT2D eigenvalue weighted by atomic mass is 10.3. The minimum absolute atomic E-state index is 0.112. The smallest absolute Gasteiger partial charge is 0.221 e. The first kappa shape index (κ1) is 21.1. The molecule has 2 rings (SSSR count). The maximum absolute atomic E-state index is 11.1. The number of benzene rings is 2. The van der Waals surface area contributed by atoms with Crippen LogP contribution in [0.25, 0.3) is 0 Å². The molecule has 150 valence electrons. The molecule has 1 amide bonds. The molecule has 0 aliphatic carbocycles. The molecule has 7 nitrogen and oxygen atoms in total. The van der Waals surface area contributed by atoms with Crippen LogP contribution in [-0.2, 0) is 4.79 Å². The van der Waals surface area contributed by atoms with E-state index < -0.39 is 0 Å². The molecular weight excluding hydrogens is 356 g/mol. The molecule has 7 heteroatoms. The number of nitrogens with one attached hydrogen (secondary N) is 3. The summed E-state index contributed by atoms with van der Waals surface area (Å²) >= 11 is 0. The number of carbonyl (C=O) groups is 1. The monoisotopic (exact) mass is 384 g/mol. The number of hydrogen-bond donors (Lipinski definition) is 3. The summed E-state index contributed by atoms with van der Waals surface area (Å²) in [5, 5.41) is 9.15. The minimum Gasteiger partial charge on any atom is -0.492 e. The van der Waals surface area contributed by atoms with Crippen LogP contribution in [0.4, 0.5) is 5.69 Å². The highest BCUT2D eigenvalue weighted by atomic mass is 16.5. The van der Waals surface area contributed by atoms with E-state index in [1.54, 1.807) is 6.07 Å². The second kappa shape index (κ2) is 12.2. The normalized spacial score (nSPS) is 10.9. The average molecular weight is 384 g/mol. The fourth-order valence-corrected chi connectivity index (χ4v) is 2.38. The molecule has 2 aromatic carbocycles. The largest absolute Gasteiger partial charge is 0.492 e. The Morgan fingerprint density at radius 3 is 2.46 bits per heavy atom. The lowest BCUT2D eigenvalue weighted by molar-refractivity contribution is -0.114. The van der Waals surface area contributed by atoms with Crippen molar-refractivity contribution >= 4 is 17.6 Å². The van der Waals surface area contributed by atoms with Gasteiger partial charge in [-0.15, -0.1) is 0 Å². The number of guanidine groups is 1. The van der Waals surface area contributed by atoms with E-state index in [1.165, 1.54) is 6.92 Å². The molecule has 0 fully saturated rings. The van der Waals surface area contributed by atoms with E-state index in [4.69, 9.17) is 9.47 Å². The lowest BCUT2D eigenvalue weighted by Crippen LogP contribution is -2.39. The average Bonchev–Trinajstić information content (AvgIpc) is 2.69. The fraction of sp³-hybridized carbons (Fsp3) is 0.333. The number of ether oxygens (including phenoxy) is 2. The summed E-state index contributed by atoms with van der Waals surface area (Å²) in [5.41, 5.74) is 0.710. The molecule has 28 heavy (non-hydrogen) atoms. The van der Waals surface area contributed by atoms with Gasteiger partial charge in [-0.3, -0.25) is 4.79 Å². The highest BCUT2D eigenvalue weighted by molar-refractivity contribution is 5.88. The van der Waals surface area contributed by atoms with Gasteiger partial charge in [0.2, 0.25) is 5.91 Å². The molecule has 0 unspecified atom stereocenters. The highest BCUT2D eigenvalue weighted by Gasteiger charge is 2.00. The van der Waals surface area contributed by atoms with Gasteiger partial charge < -0.3 is 25.4 Å². The molecule has 0 aliphatic heterocycles. The van der Waals surface area contributed by atoms with Crippen LogP contribution in [0.3, 0.4) is 0 Å². The number of carbonyl (C=O) groups excluding carboxylic acids is 1. The van der Waals surface area contributed by atoms with E-state index in [0.29, 0.717) is 37.7 Å². The van der Waals surface area contributed by atoms with Crippen LogP contribution in [0.2, 0.25) is 0 Å². The number of anilines is 1. The molecular formula is C21H28N4O3. The predicted molar refractivity (Wildman–Crippen MR) is 112 cm³/mol. The predicted octanol–water partition coefficient (Wildman–Crippen LogP) is 2.66. The molecule has 3 N–H and O–H groups in total. The van der Waals surface area contributed by atoms with Crippen LogP contribution in [0.1, 0.15) is 13.8 Å². The first-order chi connectivity index (χ1) is 13.7. The van der Waals surface area contributed by atoms with Crippen LogP contribution >= 0.6 is 0 Å². The van der Waals surface area contributed by atoms with Crippen LogP contribution in [0.5, 0.6) is 11.5 Å². The molecule has 0 spiro atoms. The third-order valence-corrected chi connectivity index (χ3v) is 3.54. The topological polar surface area (TPSA) is 84.0 Å². The van der Waals surface area contributed by atoms with E-state index in [9.17, 15) is 4.79 Å². The zero-order valence-electron chi connectivity index (χ0n) is 16.4. The van der Waals surface area contributed by atoms with Gasteiger partial charge in [0, 0.05) is 25.2 Å². The molecule has 0 atom stereocenters. The number of nitrogens with zero attached hydrogens (tertiary/aromatic N) is 1. The summed E-state index contributed by atoms with van der Waals surface area (Å²) in [4.78, 5) is 15.6. The van der Waals surface area contributed by atoms with Gasteiger partial charge >= 0.3 is 0 Å². The number of para-hydroxylation sites is 1. The summed E-state index contributed by atoms with van der Waals surface area (Å²) in [5.74, 6) is 2.14. The van der Waals surface area contributed by atoms with Gasteiger partial charge in [-0.05, 0) is 31.2 Å². The van der Waals surface area contributed by atoms with Gasteiger partial charge in [0.1, 0.15) is 24.7 Å². The second-order valence-electron chi connectivity index (χ2n) is 5.91. The van der Waals surface area contributed by atoms with Crippen molar-refractivity contribution in [2.75, 3.05) is 38.2 Å². The van der Waals surface area contributed by atoms with Gasteiger partial charge in [0.05, 0.1) is 13.1 Å². The van der Waals surface area contributed by atoms with E-state index in [2.05, 4.69) is 20.9 Å². The Bertz CT molecular complexity index is 750. The first-order valence-corrected chi connectivity index (χ1v) is 9.38. The van der Waals surface area contributed by atoms with Crippen LogP contribution in [0.15, 0.2) is 59.6 Å². The van der Waals surface area contributed by atoms with Crippen molar-refractivity contribution in [3.05, 3.63) is 54.6 Å². The van der Waals surface area contributed by atoms with Gasteiger partial charge in [-0.2, -0.15) is 0 Å². The maximum atomic E-state index is 11.1. The summed E-state index contributed by atoms with van der Waals surface area (Å²) in [6, 6.07) is 17.0. The molecule has 0 saturated carbocycles. The van der Waals surface area contributed by atoms with Crippen molar-refractivity contribution in [1.82, 2.24) is 10.6 Å². The first-order valence-electron chi connectivity index (χ1n) is 9.38. The number of aliphatic imine (C=N–C) groups is 1. The Balaban J connectivity index is 1.72. The van der Waals surface area contributed by atoms with Gasteiger partial charge in [0.15, 0.2) is 5.96 Å². The third kappa shape index (κ3) is 8.44. The zero-order chi connectivity index (χ0) is 20.0. The Kier molecular flexibility index (Phi) is 9.20. The van der Waals surface area contributed by atoms with Crippen molar-refractivity contribution in [2.24, 2.45) is 4.99 Å². The number of amides is 1. The van der Waals surface area contributed by atoms with Crippen LogP contribution in [0, 0.1) is 0 Å². The number of hydrogen-bond acceptors (Lipinski definition) is 4. The molecule has 0 saturated heterocycles. The Morgan fingerprint density at radius 1 is 0.964 bits per heavy atom. The fourth-order valence-electron chi connectivity index (χ4n) is 2.38. The van der Waals surface area contributed by atoms with Crippen molar-refractivity contribution < 1.29 is 14.3 Å². The molecule has 0 heterocycles. The van der Waals surface area contributed by atoms with Crippen molar-refractivity contribution in [1.29, 1.82) is 0 Å². The van der Waals surface area contributed by atoms with E-state index in [0.717, 1.165) is 18.3 Å². The van der Waals surface area contributed by atoms with E-state index in [-0.39, 0.29) is 5.91 Å². The maximum Gasteiger partial charge on any atom is 0.221 e. The Hall–Kier alpha value is -3.22. The molecule has 0 radical (unpaired) electrons. The van der Waals surface area contributed by atoms with Crippen LogP contribution in [-0.4, -0.2) is 44.7 Å². The van der Waals surface area contributed by atoms with Crippen molar-refractivity contribution in [2.45, 2.75) is 13.8 Å². The second-order valence-corrected chi connectivity index (χ2v) is 5.91. The van der Waals surface area contributed by atoms with Crippen molar-refractivity contribution in [3.8, 4) is 11.5 Å². The minimum atomic E-state index is -0.112. The van der Waals surface area contributed by atoms with Crippen molar-refractivity contribution in [3.63, 3.8) is 0 Å². The molecule has 0 aromatic heterocycles. The summed E-state index contributed by atoms with van der Waals surface area (Å²) < 4.78 is 11.4. The molecule has 2 aromatic rings. The Labute approximate surface area is 166 Å².